The van der Waals surface area contributed by atoms with Crippen LogP contribution in [-0.2, 0) is 47.9 Å². The zero-order chi connectivity index (χ0) is 43.1. The average molecular weight is 816 g/mol. The number of carbonyl (C=O) groups excluding carboxylic acids is 8. The normalized spacial score (nSPS) is 19.6. The summed E-state index contributed by atoms with van der Waals surface area (Å²) >= 11 is 0. The summed E-state index contributed by atoms with van der Waals surface area (Å²) in [4.78, 5) is 128. The number of hydrogen-bond acceptors (Lipinski definition) is 14. The second-order valence-electron chi connectivity index (χ2n) is 13.9. The van der Waals surface area contributed by atoms with Crippen LogP contribution >= 0.6 is 0 Å². The maximum atomic E-state index is 13.4. The molecule has 2 heterocycles. The maximum Gasteiger partial charge on any atom is 0.326 e. The van der Waals surface area contributed by atoms with Crippen molar-refractivity contribution in [1.29, 1.82) is 0 Å². The summed E-state index contributed by atoms with van der Waals surface area (Å²) in [6.45, 7) is 1.04. The summed E-state index contributed by atoms with van der Waals surface area (Å²) in [5.74, 6) is -11.0. The molecular formula is C33H53N9O15. The molecule has 0 aromatic rings. The van der Waals surface area contributed by atoms with Gasteiger partial charge in [-0.1, -0.05) is 13.8 Å². The molecule has 320 valence electrons. The number of nitrogens with two attached hydrogens (primary N) is 1. The van der Waals surface area contributed by atoms with Gasteiger partial charge in [0, 0.05) is 13.1 Å². The number of aliphatic hydroxyl groups is 3. The van der Waals surface area contributed by atoms with Crippen LogP contribution in [0.4, 0.5) is 0 Å². The van der Waals surface area contributed by atoms with Gasteiger partial charge in [0.15, 0.2) is 0 Å². The zero-order valence-electron chi connectivity index (χ0n) is 31.8. The van der Waals surface area contributed by atoms with Gasteiger partial charge < -0.3 is 73.0 Å². The molecule has 0 unspecified atom stereocenters. The third-order valence-electron chi connectivity index (χ3n) is 9.18. The number of likely N-dealkylation sites (tertiary alicyclic amines) is 2. The highest BCUT2D eigenvalue weighted by molar-refractivity contribution is 5.98. The van der Waals surface area contributed by atoms with E-state index in [1.165, 1.54) is 25.7 Å². The van der Waals surface area contributed by atoms with Crippen molar-refractivity contribution < 1.29 is 73.5 Å². The topological polar surface area (TPSA) is 377 Å². The van der Waals surface area contributed by atoms with Crippen molar-refractivity contribution in [1.82, 2.24) is 41.7 Å². The van der Waals surface area contributed by atoms with Crippen LogP contribution in [0.2, 0.25) is 0 Å². The second-order valence-corrected chi connectivity index (χ2v) is 13.9. The first kappa shape index (κ1) is 47.7. The molecule has 0 radical (unpaired) electrons. The molecule has 2 aliphatic rings. The fourth-order valence-corrected chi connectivity index (χ4v) is 6.14. The van der Waals surface area contributed by atoms with Gasteiger partial charge in [0.25, 0.3) is 0 Å². The van der Waals surface area contributed by atoms with Crippen molar-refractivity contribution >= 4 is 59.2 Å². The molecule has 8 atom stereocenters. The highest BCUT2D eigenvalue weighted by atomic mass is 16.4. The summed E-state index contributed by atoms with van der Waals surface area (Å²) in [5, 5.41) is 61.1. The molecule has 2 fully saturated rings. The third kappa shape index (κ3) is 13.6. The molecule has 0 aromatic heterocycles. The summed E-state index contributed by atoms with van der Waals surface area (Å²) in [6, 6.07) is -11.2. The van der Waals surface area contributed by atoms with Crippen LogP contribution in [0.25, 0.3) is 0 Å². The van der Waals surface area contributed by atoms with Crippen molar-refractivity contribution in [3.8, 4) is 0 Å². The number of carboxylic acid groups (broad SMARTS) is 2. The maximum absolute atomic E-state index is 13.4. The molecule has 2 aliphatic heterocycles. The number of carbonyl (C=O) groups is 10. The van der Waals surface area contributed by atoms with Crippen LogP contribution in [0.1, 0.15) is 52.9 Å². The summed E-state index contributed by atoms with van der Waals surface area (Å²) < 4.78 is 0. The molecule has 0 spiro atoms. The second kappa shape index (κ2) is 22.3. The van der Waals surface area contributed by atoms with Gasteiger partial charge in [-0.15, -0.1) is 0 Å². The molecule has 0 saturated carbocycles. The van der Waals surface area contributed by atoms with Crippen LogP contribution in [0.5, 0.6) is 0 Å². The van der Waals surface area contributed by atoms with E-state index in [2.05, 4.69) is 21.3 Å². The Bertz CT molecular complexity index is 1530. The predicted octanol–water partition coefficient (Wildman–Crippen LogP) is -6.95. The summed E-state index contributed by atoms with van der Waals surface area (Å²) in [7, 11) is 0. The van der Waals surface area contributed by atoms with Crippen molar-refractivity contribution in [2.24, 2.45) is 11.7 Å². The quantitative estimate of drug-likeness (QED) is 0.0512. The van der Waals surface area contributed by atoms with E-state index in [4.69, 9.17) is 5.73 Å². The molecule has 0 aromatic carbocycles. The number of aliphatic carboxylic acids is 2. The minimum Gasteiger partial charge on any atom is -0.481 e. The van der Waals surface area contributed by atoms with Gasteiger partial charge in [-0.05, 0) is 38.5 Å². The number of nitrogens with one attached hydrogen (secondary N) is 6. The Morgan fingerprint density at radius 2 is 1.11 bits per heavy atom. The molecule has 24 heteroatoms. The smallest absolute Gasteiger partial charge is 0.326 e. The Morgan fingerprint density at radius 1 is 0.632 bits per heavy atom. The lowest BCUT2D eigenvalue weighted by molar-refractivity contribution is -0.144. The first-order chi connectivity index (χ1) is 26.8. The van der Waals surface area contributed by atoms with Gasteiger partial charge in [0.05, 0.1) is 38.8 Å². The van der Waals surface area contributed by atoms with Crippen LogP contribution < -0.4 is 37.6 Å². The number of amides is 8. The number of rotatable bonds is 21. The van der Waals surface area contributed by atoms with E-state index >= 15 is 0 Å². The molecule has 8 amide bonds. The lowest BCUT2D eigenvalue weighted by Gasteiger charge is -2.30. The first-order valence-corrected chi connectivity index (χ1v) is 18.2. The first-order valence-electron chi connectivity index (χ1n) is 18.2. The van der Waals surface area contributed by atoms with Gasteiger partial charge >= 0.3 is 11.9 Å². The van der Waals surface area contributed by atoms with E-state index in [0.29, 0.717) is 19.3 Å². The predicted molar refractivity (Wildman–Crippen MR) is 192 cm³/mol. The third-order valence-corrected chi connectivity index (χ3v) is 9.18. The van der Waals surface area contributed by atoms with Crippen LogP contribution in [0.15, 0.2) is 0 Å². The lowest BCUT2D eigenvalue weighted by Crippen LogP contribution is -2.60. The number of carboxylic acids is 2. The van der Waals surface area contributed by atoms with Gasteiger partial charge in [-0.3, -0.25) is 43.2 Å². The fraction of sp³-hybridized carbons (Fsp3) is 0.697. The Kier molecular flexibility index (Phi) is 18.7. The Balaban J connectivity index is 1.99. The number of hydrogen-bond donors (Lipinski definition) is 12. The highest BCUT2D eigenvalue weighted by Gasteiger charge is 2.41. The molecule has 0 bridgehead atoms. The van der Waals surface area contributed by atoms with Crippen LogP contribution in [0, 0.1) is 5.92 Å². The number of nitrogens with zero attached hydrogens (tertiary/aromatic N) is 2. The van der Waals surface area contributed by atoms with E-state index in [9.17, 15) is 73.5 Å². The molecular weight excluding hydrogens is 762 g/mol. The minimum atomic E-state index is -1.85. The van der Waals surface area contributed by atoms with Gasteiger partial charge in [0.1, 0.15) is 42.3 Å². The van der Waals surface area contributed by atoms with Crippen LogP contribution in [-0.4, -0.2) is 182 Å². The van der Waals surface area contributed by atoms with E-state index in [1.54, 1.807) is 0 Å². The zero-order valence-corrected chi connectivity index (χ0v) is 31.8. The minimum absolute atomic E-state index is 0.0725. The molecule has 57 heavy (non-hydrogen) atoms. The molecule has 24 nitrogen and oxygen atoms in total. The van der Waals surface area contributed by atoms with Crippen molar-refractivity contribution in [2.75, 3.05) is 39.5 Å². The van der Waals surface area contributed by atoms with E-state index in [-0.39, 0.29) is 19.5 Å². The molecule has 2 saturated heterocycles. The van der Waals surface area contributed by atoms with Gasteiger partial charge in [0.2, 0.25) is 47.3 Å². The summed E-state index contributed by atoms with van der Waals surface area (Å²) in [5.41, 5.74) is 5.68. The largest absolute Gasteiger partial charge is 0.481 e. The Morgan fingerprint density at radius 3 is 1.58 bits per heavy atom. The van der Waals surface area contributed by atoms with Crippen LogP contribution in [0.3, 0.4) is 0 Å². The highest BCUT2D eigenvalue weighted by Crippen LogP contribution is 2.21. The monoisotopic (exact) mass is 815 g/mol. The molecule has 0 aliphatic carbocycles. The lowest BCUT2D eigenvalue weighted by atomic mass is 10.0. The Hall–Kier alpha value is -5.46. The molecule has 2 rings (SSSR count). The van der Waals surface area contributed by atoms with E-state index < -0.39 is 146 Å². The van der Waals surface area contributed by atoms with Gasteiger partial charge in [-0.25, -0.2) is 4.79 Å². The average Bonchev–Trinajstić information content (AvgIpc) is 3.85. The summed E-state index contributed by atoms with van der Waals surface area (Å²) in [6.07, 6.45) is 0.350. The van der Waals surface area contributed by atoms with E-state index in [1.807, 2.05) is 10.6 Å². The SMILES string of the molecule is CC(C)[C@H](NC(=O)[C@H](CC(=O)O)NC(=O)[C@H](CO)NC(=O)[C@H](CO)NC(=O)CNC(=O)[C@@H]1CCCN1C(=O)[C@H](CO)NC(=O)[C@@H]1CCCN1C(=O)[C@H](C)N)C(=O)O. The van der Waals surface area contributed by atoms with Crippen molar-refractivity contribution in [3.63, 3.8) is 0 Å². The standard InChI is InChI=1S/C33H53N9O15/c1-15(2)25(33(56)57)40-26(49)17(10-24(47)48)37-28(51)19(13-44)38-27(50)18(12-43)36-23(46)11-35-29(52)21-6-4-9-42(21)32(55)20(14-45)39-30(53)22-7-5-8-41(22)31(54)16(3)34/h15-22,25,43-45H,4-14,34H2,1-3H3,(H,35,52)(H,36,46)(H,37,51)(H,38,50)(H,39,53)(H,40,49)(H,47,48)(H,56,57)/t16-,17-,18-,19-,20-,21-,22-,25-/m0/s1. The van der Waals surface area contributed by atoms with Gasteiger partial charge in [-0.2, -0.15) is 0 Å². The van der Waals surface area contributed by atoms with Crippen molar-refractivity contribution in [3.05, 3.63) is 0 Å². The van der Waals surface area contributed by atoms with E-state index in [0.717, 1.165) is 4.90 Å². The number of aliphatic hydroxyl groups excluding tert-OH is 3. The van der Waals surface area contributed by atoms with Crippen molar-refractivity contribution in [2.45, 2.75) is 101 Å². The molecule has 13 N–H and O–H groups in total. The Labute approximate surface area is 326 Å². The fourth-order valence-electron chi connectivity index (χ4n) is 6.14.